The third-order valence-corrected chi connectivity index (χ3v) is 2.10. The summed E-state index contributed by atoms with van der Waals surface area (Å²) < 4.78 is 5.19. The van der Waals surface area contributed by atoms with Gasteiger partial charge in [0.25, 0.3) is 11.8 Å². The lowest BCUT2D eigenvalue weighted by atomic mass is 10.2. The molecule has 0 unspecified atom stereocenters. The Hall–Kier alpha value is -1.75. The Morgan fingerprint density at radius 3 is 2.35 bits per heavy atom. The smallest absolute Gasteiger partial charge is 0.276 e. The molecule has 0 aliphatic heterocycles. The summed E-state index contributed by atoms with van der Waals surface area (Å²) in [5.41, 5.74) is 5.40. The van der Waals surface area contributed by atoms with Crippen LogP contribution in [0.3, 0.4) is 0 Å². The molecule has 0 aliphatic carbocycles. The fourth-order valence-corrected chi connectivity index (χ4v) is 1.06. The zero-order valence-electron chi connectivity index (χ0n) is 9.33. The van der Waals surface area contributed by atoms with Gasteiger partial charge in [0.2, 0.25) is 0 Å². The summed E-state index contributed by atoms with van der Waals surface area (Å²) >= 11 is 5.23. The highest BCUT2D eigenvalue weighted by atomic mass is 35.5. The van der Waals surface area contributed by atoms with Crippen LogP contribution < -0.4 is 15.6 Å². The molecule has 0 saturated carbocycles. The Labute approximate surface area is 104 Å². The van der Waals surface area contributed by atoms with Crippen molar-refractivity contribution in [1.82, 2.24) is 10.9 Å². The zero-order valence-corrected chi connectivity index (χ0v) is 10.1. The molecule has 17 heavy (non-hydrogen) atoms. The molecule has 0 aromatic heterocycles. The van der Waals surface area contributed by atoms with Crippen molar-refractivity contribution in [3.05, 3.63) is 29.8 Å². The number of ether oxygens (including phenoxy) is 1. The first kappa shape index (κ1) is 13.3. The van der Waals surface area contributed by atoms with Gasteiger partial charge < -0.3 is 4.74 Å². The molecule has 0 atom stereocenters. The van der Waals surface area contributed by atoms with Crippen molar-refractivity contribution in [3.63, 3.8) is 0 Å². The summed E-state index contributed by atoms with van der Waals surface area (Å²) in [6, 6.07) is 7.28. The second-order valence-electron chi connectivity index (χ2n) is 3.33. The van der Waals surface area contributed by atoms with Crippen LogP contribution in [-0.4, -0.2) is 24.3 Å². The van der Waals surface area contributed by atoms with Crippen LogP contribution in [0.5, 0.6) is 5.75 Å². The monoisotopic (exact) mass is 256 g/mol. The third kappa shape index (κ3) is 5.21. The van der Waals surface area contributed by atoms with Crippen LogP contribution in [-0.2, 0) is 9.59 Å². The predicted molar refractivity (Wildman–Crippen MR) is 63.7 cm³/mol. The average molecular weight is 257 g/mol. The van der Waals surface area contributed by atoms with Gasteiger partial charge in [0.1, 0.15) is 11.6 Å². The van der Waals surface area contributed by atoms with Crippen molar-refractivity contribution in [2.75, 3.05) is 12.5 Å². The van der Waals surface area contributed by atoms with Gasteiger partial charge in [0, 0.05) is 0 Å². The fourth-order valence-electron chi connectivity index (χ4n) is 0.992. The van der Waals surface area contributed by atoms with Crippen LogP contribution in [0.4, 0.5) is 0 Å². The molecule has 6 heteroatoms. The first-order chi connectivity index (χ1) is 8.11. The quantitative estimate of drug-likeness (QED) is 0.617. The number of alkyl halides is 1. The van der Waals surface area contributed by atoms with E-state index in [1.165, 1.54) is 0 Å². The van der Waals surface area contributed by atoms with Crippen LogP contribution in [0, 0.1) is 6.92 Å². The maximum atomic E-state index is 11.2. The van der Waals surface area contributed by atoms with Crippen LogP contribution in [0.1, 0.15) is 5.56 Å². The van der Waals surface area contributed by atoms with E-state index in [-0.39, 0.29) is 12.5 Å². The molecule has 1 rings (SSSR count). The molecular formula is C11H13ClN2O3. The standard InChI is InChI=1S/C11H13ClN2O3/c1-8-2-4-9(5-3-8)17-7-11(16)14-13-10(15)6-12/h2-5H,6-7H2,1H3,(H,13,15)(H,14,16). The van der Waals surface area contributed by atoms with Crippen LogP contribution in [0.15, 0.2) is 24.3 Å². The predicted octanol–water partition coefficient (Wildman–Crippen LogP) is 0.760. The van der Waals surface area contributed by atoms with E-state index in [2.05, 4.69) is 10.9 Å². The number of carbonyl (C=O) groups is 2. The number of halogens is 1. The molecule has 0 spiro atoms. The summed E-state index contributed by atoms with van der Waals surface area (Å²) in [6.07, 6.45) is 0. The van der Waals surface area contributed by atoms with E-state index in [0.29, 0.717) is 5.75 Å². The van der Waals surface area contributed by atoms with E-state index in [9.17, 15) is 9.59 Å². The minimum Gasteiger partial charge on any atom is -0.484 e. The number of carbonyl (C=O) groups excluding carboxylic acids is 2. The maximum Gasteiger partial charge on any atom is 0.276 e. The van der Waals surface area contributed by atoms with Gasteiger partial charge in [0.15, 0.2) is 6.61 Å². The van der Waals surface area contributed by atoms with Gasteiger partial charge in [-0.3, -0.25) is 20.4 Å². The number of aryl methyl sites for hydroxylation is 1. The van der Waals surface area contributed by atoms with Crippen LogP contribution in [0.25, 0.3) is 0 Å². The highest BCUT2D eigenvalue weighted by Gasteiger charge is 2.04. The van der Waals surface area contributed by atoms with E-state index in [0.717, 1.165) is 5.56 Å². The molecule has 0 saturated heterocycles. The van der Waals surface area contributed by atoms with Crippen molar-refractivity contribution >= 4 is 23.4 Å². The summed E-state index contributed by atoms with van der Waals surface area (Å²) in [7, 11) is 0. The van der Waals surface area contributed by atoms with E-state index in [1.54, 1.807) is 12.1 Å². The molecule has 0 radical (unpaired) electrons. The molecule has 92 valence electrons. The van der Waals surface area contributed by atoms with Crippen molar-refractivity contribution < 1.29 is 14.3 Å². The molecule has 0 aliphatic rings. The number of benzene rings is 1. The lowest BCUT2D eigenvalue weighted by molar-refractivity contribution is -0.128. The lowest BCUT2D eigenvalue weighted by Gasteiger charge is -2.07. The third-order valence-electron chi connectivity index (χ3n) is 1.85. The fraction of sp³-hybridized carbons (Fsp3) is 0.273. The minimum absolute atomic E-state index is 0.175. The Morgan fingerprint density at radius 2 is 1.76 bits per heavy atom. The number of amides is 2. The SMILES string of the molecule is Cc1ccc(OCC(=O)NNC(=O)CCl)cc1. The van der Waals surface area contributed by atoms with Gasteiger partial charge in [-0.05, 0) is 19.1 Å². The van der Waals surface area contributed by atoms with Gasteiger partial charge >= 0.3 is 0 Å². The van der Waals surface area contributed by atoms with Crippen molar-refractivity contribution in [1.29, 1.82) is 0 Å². The first-order valence-corrected chi connectivity index (χ1v) is 5.48. The van der Waals surface area contributed by atoms with E-state index >= 15 is 0 Å². The van der Waals surface area contributed by atoms with E-state index in [4.69, 9.17) is 16.3 Å². The van der Waals surface area contributed by atoms with Gasteiger partial charge in [-0.2, -0.15) is 0 Å². The van der Waals surface area contributed by atoms with Gasteiger partial charge in [-0.15, -0.1) is 11.6 Å². The average Bonchev–Trinajstić information content (AvgIpc) is 2.35. The largest absolute Gasteiger partial charge is 0.484 e. The molecule has 1 aromatic rings. The van der Waals surface area contributed by atoms with Gasteiger partial charge in [-0.25, -0.2) is 0 Å². The number of rotatable bonds is 4. The molecule has 5 nitrogen and oxygen atoms in total. The van der Waals surface area contributed by atoms with Crippen LogP contribution >= 0.6 is 11.6 Å². The number of hydrogen-bond donors (Lipinski definition) is 2. The highest BCUT2D eigenvalue weighted by Crippen LogP contribution is 2.10. The van der Waals surface area contributed by atoms with Crippen LogP contribution in [0.2, 0.25) is 0 Å². The Balaban J connectivity index is 2.28. The van der Waals surface area contributed by atoms with Crippen molar-refractivity contribution in [3.8, 4) is 5.75 Å². The molecule has 0 heterocycles. The van der Waals surface area contributed by atoms with Gasteiger partial charge in [0.05, 0.1) is 0 Å². The molecular weight excluding hydrogens is 244 g/mol. The lowest BCUT2D eigenvalue weighted by Crippen LogP contribution is -2.44. The minimum atomic E-state index is -0.477. The summed E-state index contributed by atoms with van der Waals surface area (Å²) in [4.78, 5) is 21.9. The second kappa shape index (κ2) is 6.75. The molecule has 1 aromatic carbocycles. The summed E-state index contributed by atoms with van der Waals surface area (Å²) in [5, 5.41) is 0. The summed E-state index contributed by atoms with van der Waals surface area (Å²) in [5.74, 6) is -0.548. The summed E-state index contributed by atoms with van der Waals surface area (Å²) in [6.45, 7) is 1.78. The molecule has 2 amide bonds. The maximum absolute atomic E-state index is 11.2. The first-order valence-electron chi connectivity index (χ1n) is 4.95. The normalized spacial score (nSPS) is 9.53. The Morgan fingerprint density at radius 1 is 1.18 bits per heavy atom. The second-order valence-corrected chi connectivity index (χ2v) is 3.60. The molecule has 2 N–H and O–H groups in total. The zero-order chi connectivity index (χ0) is 12.7. The van der Waals surface area contributed by atoms with Crippen molar-refractivity contribution in [2.24, 2.45) is 0 Å². The topological polar surface area (TPSA) is 67.4 Å². The Kier molecular flexibility index (Phi) is 5.29. The Bertz CT molecular complexity index is 392. The van der Waals surface area contributed by atoms with Crippen molar-refractivity contribution in [2.45, 2.75) is 6.92 Å². The van der Waals surface area contributed by atoms with E-state index in [1.807, 2.05) is 19.1 Å². The van der Waals surface area contributed by atoms with E-state index < -0.39 is 11.8 Å². The molecule has 0 bridgehead atoms. The molecule has 0 fully saturated rings. The van der Waals surface area contributed by atoms with Gasteiger partial charge in [-0.1, -0.05) is 17.7 Å². The number of nitrogens with one attached hydrogen (secondary N) is 2. The highest BCUT2D eigenvalue weighted by molar-refractivity contribution is 6.27. The number of hydrogen-bond acceptors (Lipinski definition) is 3. The number of hydrazine groups is 1.